The Labute approximate surface area is 112 Å². The molecule has 0 saturated heterocycles. The molecule has 0 aliphatic carbocycles. The van der Waals surface area contributed by atoms with Crippen LogP contribution >= 0.6 is 0 Å². The van der Waals surface area contributed by atoms with Crippen molar-refractivity contribution in [2.75, 3.05) is 25.3 Å². The third-order valence-corrected chi connectivity index (χ3v) is 2.71. The number of anilines is 3. The average molecular weight is 259 g/mol. The molecule has 0 unspecified atom stereocenters. The fourth-order valence-electron chi connectivity index (χ4n) is 1.72. The Kier molecular flexibility index (Phi) is 3.75. The first-order valence-corrected chi connectivity index (χ1v) is 5.86. The van der Waals surface area contributed by atoms with E-state index in [-0.39, 0.29) is 0 Å². The summed E-state index contributed by atoms with van der Waals surface area (Å²) >= 11 is 0. The van der Waals surface area contributed by atoms with Crippen LogP contribution in [0.4, 0.5) is 17.2 Å². The van der Waals surface area contributed by atoms with Gasteiger partial charge in [0.1, 0.15) is 0 Å². The standard InChI is InChI=1S/C14H17N3O2/c1-9-4-6-11(15)14(16-9)17-10-5-7-12(18-2)13(8-10)19-3/h4-8H,15H2,1-3H3,(H,16,17). The largest absolute Gasteiger partial charge is 0.493 e. The molecule has 0 aliphatic rings. The van der Waals surface area contributed by atoms with Gasteiger partial charge in [-0.15, -0.1) is 0 Å². The molecule has 0 atom stereocenters. The summed E-state index contributed by atoms with van der Waals surface area (Å²) in [6.45, 7) is 1.92. The molecule has 19 heavy (non-hydrogen) atoms. The second-order valence-electron chi connectivity index (χ2n) is 4.09. The number of nitrogens with zero attached hydrogens (tertiary/aromatic N) is 1. The van der Waals surface area contributed by atoms with E-state index < -0.39 is 0 Å². The summed E-state index contributed by atoms with van der Waals surface area (Å²) in [5.74, 6) is 1.96. The van der Waals surface area contributed by atoms with Crippen LogP contribution in [-0.4, -0.2) is 19.2 Å². The van der Waals surface area contributed by atoms with Gasteiger partial charge in [-0.05, 0) is 31.2 Å². The topological polar surface area (TPSA) is 69.4 Å². The number of nitrogen functional groups attached to an aromatic ring is 1. The van der Waals surface area contributed by atoms with Crippen molar-refractivity contribution < 1.29 is 9.47 Å². The predicted octanol–water partition coefficient (Wildman–Crippen LogP) is 2.73. The smallest absolute Gasteiger partial charge is 0.162 e. The molecule has 2 aromatic rings. The average Bonchev–Trinajstić information content (AvgIpc) is 2.42. The number of nitrogens with one attached hydrogen (secondary N) is 1. The second-order valence-corrected chi connectivity index (χ2v) is 4.09. The van der Waals surface area contributed by atoms with Gasteiger partial charge < -0.3 is 20.5 Å². The molecule has 0 aliphatic heterocycles. The number of pyridine rings is 1. The first kappa shape index (κ1) is 13.0. The van der Waals surface area contributed by atoms with E-state index in [1.807, 2.05) is 37.3 Å². The van der Waals surface area contributed by atoms with Crippen molar-refractivity contribution >= 4 is 17.2 Å². The van der Waals surface area contributed by atoms with Crippen molar-refractivity contribution in [1.82, 2.24) is 4.98 Å². The highest BCUT2D eigenvalue weighted by Gasteiger charge is 2.06. The van der Waals surface area contributed by atoms with Crippen LogP contribution in [0.15, 0.2) is 30.3 Å². The Balaban J connectivity index is 2.30. The monoisotopic (exact) mass is 259 g/mol. The van der Waals surface area contributed by atoms with E-state index in [9.17, 15) is 0 Å². The molecule has 100 valence electrons. The second kappa shape index (κ2) is 5.48. The number of methoxy groups -OCH3 is 2. The van der Waals surface area contributed by atoms with Gasteiger partial charge in [-0.3, -0.25) is 0 Å². The summed E-state index contributed by atoms with van der Waals surface area (Å²) < 4.78 is 10.4. The number of aromatic nitrogens is 1. The predicted molar refractivity (Wildman–Crippen MR) is 76.2 cm³/mol. The summed E-state index contributed by atoms with van der Waals surface area (Å²) in [6, 6.07) is 9.24. The van der Waals surface area contributed by atoms with E-state index in [1.54, 1.807) is 14.2 Å². The van der Waals surface area contributed by atoms with Crippen molar-refractivity contribution in [3.05, 3.63) is 36.0 Å². The van der Waals surface area contributed by atoms with Gasteiger partial charge in [0.25, 0.3) is 0 Å². The Morgan fingerprint density at radius 1 is 1.05 bits per heavy atom. The van der Waals surface area contributed by atoms with Crippen LogP contribution < -0.4 is 20.5 Å². The molecule has 0 bridgehead atoms. The van der Waals surface area contributed by atoms with Crippen LogP contribution in [0.5, 0.6) is 11.5 Å². The lowest BCUT2D eigenvalue weighted by atomic mass is 10.2. The molecule has 3 N–H and O–H groups in total. The Morgan fingerprint density at radius 2 is 1.79 bits per heavy atom. The van der Waals surface area contributed by atoms with E-state index in [2.05, 4.69) is 10.3 Å². The highest BCUT2D eigenvalue weighted by Crippen LogP contribution is 2.31. The molecular formula is C14H17N3O2. The summed E-state index contributed by atoms with van der Waals surface area (Å²) in [4.78, 5) is 4.36. The molecule has 1 aromatic carbocycles. The first-order valence-electron chi connectivity index (χ1n) is 5.86. The molecule has 0 amide bonds. The SMILES string of the molecule is COc1ccc(Nc2nc(C)ccc2N)cc1OC. The maximum atomic E-state index is 5.88. The van der Waals surface area contributed by atoms with E-state index >= 15 is 0 Å². The van der Waals surface area contributed by atoms with E-state index in [1.165, 1.54) is 0 Å². The molecule has 5 nitrogen and oxygen atoms in total. The van der Waals surface area contributed by atoms with Gasteiger partial charge in [-0.25, -0.2) is 4.98 Å². The third kappa shape index (κ3) is 2.88. The molecule has 1 heterocycles. The molecule has 2 rings (SSSR count). The zero-order chi connectivity index (χ0) is 13.8. The zero-order valence-corrected chi connectivity index (χ0v) is 11.2. The molecule has 5 heteroatoms. The lowest BCUT2D eigenvalue weighted by Gasteiger charge is -2.12. The van der Waals surface area contributed by atoms with Gasteiger partial charge in [-0.2, -0.15) is 0 Å². The van der Waals surface area contributed by atoms with Crippen LogP contribution in [0, 0.1) is 6.92 Å². The van der Waals surface area contributed by atoms with Crippen LogP contribution in [0.3, 0.4) is 0 Å². The molecule has 1 aromatic heterocycles. The quantitative estimate of drug-likeness (QED) is 0.883. The van der Waals surface area contributed by atoms with Crippen LogP contribution in [0.1, 0.15) is 5.69 Å². The maximum Gasteiger partial charge on any atom is 0.162 e. The third-order valence-electron chi connectivity index (χ3n) is 2.71. The summed E-state index contributed by atoms with van der Waals surface area (Å²) in [5.41, 5.74) is 8.22. The van der Waals surface area contributed by atoms with Gasteiger partial charge in [-0.1, -0.05) is 0 Å². The Bertz CT molecular complexity index is 585. The Hall–Kier alpha value is -2.43. The summed E-state index contributed by atoms with van der Waals surface area (Å²) in [7, 11) is 3.20. The number of benzene rings is 1. The van der Waals surface area contributed by atoms with Gasteiger partial charge in [0.05, 0.1) is 19.9 Å². The number of hydrogen-bond donors (Lipinski definition) is 2. The molecule has 0 saturated carbocycles. The Morgan fingerprint density at radius 3 is 2.47 bits per heavy atom. The highest BCUT2D eigenvalue weighted by molar-refractivity contribution is 5.70. The summed E-state index contributed by atoms with van der Waals surface area (Å²) in [5, 5.41) is 3.17. The van der Waals surface area contributed by atoms with Crippen molar-refractivity contribution in [2.45, 2.75) is 6.92 Å². The van der Waals surface area contributed by atoms with Crippen LogP contribution in [0.2, 0.25) is 0 Å². The number of ether oxygens (including phenoxy) is 2. The van der Waals surface area contributed by atoms with Gasteiger partial charge in [0.2, 0.25) is 0 Å². The number of rotatable bonds is 4. The molecule has 0 fully saturated rings. The molecule has 0 spiro atoms. The van der Waals surface area contributed by atoms with E-state index in [0.29, 0.717) is 23.0 Å². The molecular weight excluding hydrogens is 242 g/mol. The van der Waals surface area contributed by atoms with Gasteiger partial charge in [0.15, 0.2) is 17.3 Å². The zero-order valence-electron chi connectivity index (χ0n) is 11.2. The van der Waals surface area contributed by atoms with Crippen LogP contribution in [0.25, 0.3) is 0 Å². The minimum Gasteiger partial charge on any atom is -0.493 e. The first-order chi connectivity index (χ1) is 9.13. The fourth-order valence-corrected chi connectivity index (χ4v) is 1.72. The lowest BCUT2D eigenvalue weighted by molar-refractivity contribution is 0.355. The lowest BCUT2D eigenvalue weighted by Crippen LogP contribution is -2.00. The van der Waals surface area contributed by atoms with E-state index in [0.717, 1.165) is 11.4 Å². The van der Waals surface area contributed by atoms with Crippen molar-refractivity contribution in [2.24, 2.45) is 0 Å². The number of aryl methyl sites for hydroxylation is 1. The van der Waals surface area contributed by atoms with Crippen molar-refractivity contribution in [1.29, 1.82) is 0 Å². The number of nitrogens with two attached hydrogens (primary N) is 1. The maximum absolute atomic E-state index is 5.88. The fraction of sp³-hybridized carbons (Fsp3) is 0.214. The van der Waals surface area contributed by atoms with Crippen molar-refractivity contribution in [3.63, 3.8) is 0 Å². The minimum absolute atomic E-state index is 0.598. The van der Waals surface area contributed by atoms with Crippen molar-refractivity contribution in [3.8, 4) is 11.5 Å². The van der Waals surface area contributed by atoms with Gasteiger partial charge >= 0.3 is 0 Å². The van der Waals surface area contributed by atoms with Crippen LogP contribution in [-0.2, 0) is 0 Å². The minimum atomic E-state index is 0.598. The van der Waals surface area contributed by atoms with Gasteiger partial charge in [0, 0.05) is 17.4 Å². The summed E-state index contributed by atoms with van der Waals surface area (Å²) in [6.07, 6.45) is 0. The normalized spacial score (nSPS) is 10.1. The highest BCUT2D eigenvalue weighted by atomic mass is 16.5. The number of hydrogen-bond acceptors (Lipinski definition) is 5. The van der Waals surface area contributed by atoms with E-state index in [4.69, 9.17) is 15.2 Å². The molecule has 0 radical (unpaired) electrons.